The van der Waals surface area contributed by atoms with Gasteiger partial charge in [-0.2, -0.15) is 0 Å². The standard InChI is InChI=1S/C19H21N3O2S2/c1-13-9-14(2)11-16(10-13)20-19-21-18(12-25-19)15-5-7-17(8-6-15)26(23,24)22(3)4/h5-12H,1-4H3,(H,20,21). The van der Waals surface area contributed by atoms with E-state index in [1.165, 1.54) is 40.9 Å². The van der Waals surface area contributed by atoms with Crippen molar-refractivity contribution < 1.29 is 8.42 Å². The number of anilines is 2. The minimum Gasteiger partial charge on any atom is -0.332 e. The van der Waals surface area contributed by atoms with Crippen LogP contribution in [-0.4, -0.2) is 31.8 Å². The van der Waals surface area contributed by atoms with Crippen LogP contribution in [0.2, 0.25) is 0 Å². The first-order chi connectivity index (χ1) is 12.3. The van der Waals surface area contributed by atoms with Crippen molar-refractivity contribution in [2.45, 2.75) is 18.7 Å². The van der Waals surface area contributed by atoms with Crippen LogP contribution in [-0.2, 0) is 10.0 Å². The van der Waals surface area contributed by atoms with E-state index in [9.17, 15) is 8.42 Å². The molecule has 0 aliphatic heterocycles. The molecule has 0 spiro atoms. The van der Waals surface area contributed by atoms with Gasteiger partial charge in [0, 0.05) is 30.7 Å². The van der Waals surface area contributed by atoms with E-state index >= 15 is 0 Å². The van der Waals surface area contributed by atoms with Crippen LogP contribution in [0.25, 0.3) is 11.3 Å². The van der Waals surface area contributed by atoms with Crippen LogP contribution in [0.5, 0.6) is 0 Å². The lowest BCUT2D eigenvalue weighted by atomic mass is 10.1. The van der Waals surface area contributed by atoms with Gasteiger partial charge in [0.05, 0.1) is 10.6 Å². The fourth-order valence-corrected chi connectivity index (χ4v) is 4.28. The molecule has 7 heteroatoms. The number of hydrogen-bond donors (Lipinski definition) is 1. The fourth-order valence-electron chi connectivity index (χ4n) is 2.64. The minimum absolute atomic E-state index is 0.273. The van der Waals surface area contributed by atoms with Gasteiger partial charge in [0.1, 0.15) is 0 Å². The second kappa shape index (κ2) is 7.19. The second-order valence-electron chi connectivity index (χ2n) is 6.35. The van der Waals surface area contributed by atoms with Crippen LogP contribution >= 0.6 is 11.3 Å². The van der Waals surface area contributed by atoms with E-state index in [1.54, 1.807) is 24.3 Å². The lowest BCUT2D eigenvalue weighted by Crippen LogP contribution is -2.22. The van der Waals surface area contributed by atoms with Gasteiger partial charge in [-0.15, -0.1) is 11.3 Å². The van der Waals surface area contributed by atoms with Crippen LogP contribution < -0.4 is 5.32 Å². The molecule has 0 bridgehead atoms. The Morgan fingerprint density at radius 2 is 1.62 bits per heavy atom. The van der Waals surface area contributed by atoms with Crippen molar-refractivity contribution in [1.82, 2.24) is 9.29 Å². The topological polar surface area (TPSA) is 62.3 Å². The van der Waals surface area contributed by atoms with E-state index in [0.717, 1.165) is 22.1 Å². The van der Waals surface area contributed by atoms with E-state index in [0.29, 0.717) is 0 Å². The largest absolute Gasteiger partial charge is 0.332 e. The lowest BCUT2D eigenvalue weighted by molar-refractivity contribution is 0.521. The summed E-state index contributed by atoms with van der Waals surface area (Å²) in [6.45, 7) is 4.13. The molecule has 136 valence electrons. The molecule has 0 aliphatic rings. The lowest BCUT2D eigenvalue weighted by Gasteiger charge is -2.11. The molecular formula is C19H21N3O2S2. The van der Waals surface area contributed by atoms with Crippen LogP contribution in [0.1, 0.15) is 11.1 Å². The molecule has 26 heavy (non-hydrogen) atoms. The Hall–Kier alpha value is -2.22. The van der Waals surface area contributed by atoms with Gasteiger partial charge >= 0.3 is 0 Å². The normalized spacial score (nSPS) is 11.7. The highest BCUT2D eigenvalue weighted by molar-refractivity contribution is 7.89. The van der Waals surface area contributed by atoms with Gasteiger partial charge in [-0.05, 0) is 49.2 Å². The molecule has 0 atom stereocenters. The predicted molar refractivity (Wildman–Crippen MR) is 108 cm³/mol. The molecule has 1 N–H and O–H groups in total. The van der Waals surface area contributed by atoms with Gasteiger partial charge in [0.15, 0.2) is 5.13 Å². The highest BCUT2D eigenvalue weighted by atomic mass is 32.2. The van der Waals surface area contributed by atoms with Crippen LogP contribution in [0, 0.1) is 13.8 Å². The third-order valence-electron chi connectivity index (χ3n) is 3.91. The Morgan fingerprint density at radius 3 is 2.19 bits per heavy atom. The van der Waals surface area contributed by atoms with Gasteiger partial charge in [-0.3, -0.25) is 0 Å². The fraction of sp³-hybridized carbons (Fsp3) is 0.211. The van der Waals surface area contributed by atoms with Gasteiger partial charge in [-0.25, -0.2) is 17.7 Å². The number of aromatic nitrogens is 1. The van der Waals surface area contributed by atoms with Crippen molar-refractivity contribution in [2.24, 2.45) is 0 Å². The van der Waals surface area contributed by atoms with E-state index < -0.39 is 10.0 Å². The molecule has 3 rings (SSSR count). The van der Waals surface area contributed by atoms with Gasteiger partial charge in [0.25, 0.3) is 0 Å². The van der Waals surface area contributed by atoms with Crippen molar-refractivity contribution in [2.75, 3.05) is 19.4 Å². The molecule has 5 nitrogen and oxygen atoms in total. The van der Waals surface area contributed by atoms with E-state index in [4.69, 9.17) is 0 Å². The van der Waals surface area contributed by atoms with Gasteiger partial charge in [-0.1, -0.05) is 18.2 Å². The van der Waals surface area contributed by atoms with Crippen molar-refractivity contribution in [1.29, 1.82) is 0 Å². The predicted octanol–water partition coefficient (Wildman–Crippen LogP) is 4.42. The number of benzene rings is 2. The number of hydrogen-bond acceptors (Lipinski definition) is 5. The Bertz CT molecular complexity index is 1000. The summed E-state index contributed by atoms with van der Waals surface area (Å²) in [5.41, 5.74) is 5.10. The SMILES string of the molecule is Cc1cc(C)cc(Nc2nc(-c3ccc(S(=O)(=O)N(C)C)cc3)cs2)c1. The molecule has 0 fully saturated rings. The Morgan fingerprint density at radius 1 is 1.00 bits per heavy atom. The zero-order chi connectivity index (χ0) is 18.9. The third kappa shape index (κ3) is 3.95. The first-order valence-corrected chi connectivity index (χ1v) is 10.4. The summed E-state index contributed by atoms with van der Waals surface area (Å²) in [6, 6.07) is 13.1. The molecule has 3 aromatic rings. The molecule has 0 saturated heterocycles. The van der Waals surface area contributed by atoms with Crippen molar-refractivity contribution in [3.8, 4) is 11.3 Å². The number of nitrogens with one attached hydrogen (secondary N) is 1. The van der Waals surface area contributed by atoms with Gasteiger partial charge in [0.2, 0.25) is 10.0 Å². The maximum atomic E-state index is 12.1. The summed E-state index contributed by atoms with van der Waals surface area (Å²) < 4.78 is 25.5. The van der Waals surface area contributed by atoms with Crippen molar-refractivity contribution in [3.63, 3.8) is 0 Å². The maximum absolute atomic E-state index is 12.1. The third-order valence-corrected chi connectivity index (χ3v) is 6.49. The maximum Gasteiger partial charge on any atom is 0.242 e. The summed E-state index contributed by atoms with van der Waals surface area (Å²) in [6.07, 6.45) is 0. The van der Waals surface area contributed by atoms with Crippen LogP contribution in [0.3, 0.4) is 0 Å². The second-order valence-corrected chi connectivity index (χ2v) is 9.36. The minimum atomic E-state index is -3.42. The Labute approximate surface area is 158 Å². The zero-order valence-corrected chi connectivity index (χ0v) is 16.8. The molecule has 0 unspecified atom stereocenters. The monoisotopic (exact) mass is 387 g/mol. The average Bonchev–Trinajstić information content (AvgIpc) is 3.02. The number of sulfonamides is 1. The highest BCUT2D eigenvalue weighted by Crippen LogP contribution is 2.28. The first-order valence-electron chi connectivity index (χ1n) is 8.09. The summed E-state index contributed by atoms with van der Waals surface area (Å²) in [5, 5.41) is 6.09. The van der Waals surface area contributed by atoms with Crippen molar-refractivity contribution in [3.05, 3.63) is 59.0 Å². The quantitative estimate of drug-likeness (QED) is 0.704. The average molecular weight is 388 g/mol. The van der Waals surface area contributed by atoms with E-state index in [-0.39, 0.29) is 4.90 Å². The molecule has 1 aromatic heterocycles. The number of aryl methyl sites for hydroxylation is 2. The van der Waals surface area contributed by atoms with Crippen LogP contribution in [0.15, 0.2) is 52.7 Å². The summed E-state index contributed by atoms with van der Waals surface area (Å²) in [7, 11) is -0.371. The molecular weight excluding hydrogens is 366 g/mol. The molecule has 0 aliphatic carbocycles. The summed E-state index contributed by atoms with van der Waals surface area (Å²) in [5.74, 6) is 0. The zero-order valence-electron chi connectivity index (χ0n) is 15.1. The first kappa shape index (κ1) is 18.6. The van der Waals surface area contributed by atoms with E-state index in [1.807, 2.05) is 5.38 Å². The molecule has 0 amide bonds. The number of thiazole rings is 1. The Balaban J connectivity index is 1.81. The Kier molecular flexibility index (Phi) is 5.13. The van der Waals surface area contributed by atoms with Crippen molar-refractivity contribution >= 4 is 32.2 Å². The molecule has 0 saturated carbocycles. The smallest absolute Gasteiger partial charge is 0.242 e. The number of nitrogens with zero attached hydrogens (tertiary/aromatic N) is 2. The van der Waals surface area contributed by atoms with Crippen LogP contribution in [0.4, 0.5) is 10.8 Å². The highest BCUT2D eigenvalue weighted by Gasteiger charge is 2.17. The van der Waals surface area contributed by atoms with E-state index in [2.05, 4.69) is 42.3 Å². The molecule has 0 radical (unpaired) electrons. The molecule has 2 aromatic carbocycles. The summed E-state index contributed by atoms with van der Waals surface area (Å²) in [4.78, 5) is 4.88. The molecule has 1 heterocycles. The van der Waals surface area contributed by atoms with Gasteiger partial charge < -0.3 is 5.32 Å². The number of rotatable bonds is 5. The summed E-state index contributed by atoms with van der Waals surface area (Å²) >= 11 is 1.52.